The second-order valence-electron chi connectivity index (χ2n) is 5.46. The highest BCUT2D eigenvalue weighted by Gasteiger charge is 2.31. The summed E-state index contributed by atoms with van der Waals surface area (Å²) in [7, 11) is 0. The van der Waals surface area contributed by atoms with Crippen LogP contribution in [0.5, 0.6) is 5.75 Å². The third kappa shape index (κ3) is 3.39. The Kier molecular flexibility index (Phi) is 4.66. The van der Waals surface area contributed by atoms with Gasteiger partial charge in [0.2, 0.25) is 5.91 Å². The number of nitrogens with one attached hydrogen (secondary N) is 1. The van der Waals surface area contributed by atoms with Crippen LogP contribution < -0.4 is 10.1 Å². The van der Waals surface area contributed by atoms with E-state index in [4.69, 9.17) is 0 Å². The number of benzene rings is 2. The van der Waals surface area contributed by atoms with E-state index in [1.165, 1.54) is 11.0 Å². The maximum absolute atomic E-state index is 13.7. The molecule has 8 heteroatoms. The minimum absolute atomic E-state index is 0.0453. The number of nitrogens with zero attached hydrogens (tertiary/aromatic N) is 1. The molecular weight excluding hydrogens is 349 g/mol. The predicted molar refractivity (Wildman–Crippen MR) is 88.2 cm³/mol. The van der Waals surface area contributed by atoms with Crippen molar-refractivity contribution in [2.75, 3.05) is 11.9 Å². The van der Waals surface area contributed by atoms with Crippen LogP contribution in [0.15, 0.2) is 49.0 Å². The standard InChI is InChI=1S/C18H13F3N2O3/c1-10-12-4-2-3-5-13(12)17(25)23(10)9-16(24)22-11-6-7-15(14(19)8-11)26-18(20)21/h2-8,18H,1,9H2,(H,22,24). The first-order valence-electron chi connectivity index (χ1n) is 7.51. The average molecular weight is 362 g/mol. The van der Waals surface area contributed by atoms with Crippen LogP contribution in [-0.2, 0) is 4.79 Å². The van der Waals surface area contributed by atoms with Crippen LogP contribution in [0.1, 0.15) is 15.9 Å². The summed E-state index contributed by atoms with van der Waals surface area (Å²) < 4.78 is 41.9. The maximum Gasteiger partial charge on any atom is 0.387 e. The molecule has 0 atom stereocenters. The molecule has 134 valence electrons. The van der Waals surface area contributed by atoms with Gasteiger partial charge in [0.25, 0.3) is 5.91 Å². The molecule has 0 unspecified atom stereocenters. The minimum atomic E-state index is -3.15. The largest absolute Gasteiger partial charge is 0.432 e. The molecule has 1 heterocycles. The molecule has 0 radical (unpaired) electrons. The number of halogens is 3. The Bertz CT molecular complexity index is 864. The van der Waals surface area contributed by atoms with E-state index in [2.05, 4.69) is 16.6 Å². The lowest BCUT2D eigenvalue weighted by Gasteiger charge is -2.17. The average Bonchev–Trinajstić information content (AvgIpc) is 2.82. The molecule has 0 spiro atoms. The first-order valence-corrected chi connectivity index (χ1v) is 7.51. The van der Waals surface area contributed by atoms with Crippen LogP contribution in [-0.4, -0.2) is 29.9 Å². The number of ether oxygens (including phenoxy) is 1. The number of hydrogen-bond donors (Lipinski definition) is 1. The number of hydrogen-bond acceptors (Lipinski definition) is 3. The fraction of sp³-hybridized carbons (Fsp3) is 0.111. The molecule has 0 saturated carbocycles. The lowest BCUT2D eigenvalue weighted by atomic mass is 10.1. The fourth-order valence-corrected chi connectivity index (χ4v) is 2.62. The van der Waals surface area contributed by atoms with Crippen LogP contribution >= 0.6 is 0 Å². The molecule has 0 aromatic heterocycles. The zero-order valence-corrected chi connectivity index (χ0v) is 13.3. The highest BCUT2D eigenvalue weighted by Crippen LogP contribution is 2.31. The van der Waals surface area contributed by atoms with Gasteiger partial charge >= 0.3 is 6.61 Å². The fourth-order valence-electron chi connectivity index (χ4n) is 2.62. The zero-order chi connectivity index (χ0) is 18.8. The second-order valence-corrected chi connectivity index (χ2v) is 5.46. The Morgan fingerprint density at radius 3 is 2.50 bits per heavy atom. The molecule has 1 N–H and O–H groups in total. The van der Waals surface area contributed by atoms with Gasteiger partial charge in [-0.2, -0.15) is 8.78 Å². The van der Waals surface area contributed by atoms with Gasteiger partial charge in [0.15, 0.2) is 11.6 Å². The van der Waals surface area contributed by atoms with Gasteiger partial charge in [0.05, 0.1) is 0 Å². The summed E-state index contributed by atoms with van der Waals surface area (Å²) in [6, 6.07) is 9.88. The predicted octanol–water partition coefficient (Wildman–Crippen LogP) is 3.49. The van der Waals surface area contributed by atoms with Crippen molar-refractivity contribution < 1.29 is 27.5 Å². The lowest BCUT2D eigenvalue weighted by molar-refractivity contribution is -0.116. The Morgan fingerprint density at radius 1 is 1.19 bits per heavy atom. The molecular formula is C18H13F3N2O3. The third-order valence-corrected chi connectivity index (χ3v) is 3.77. The zero-order valence-electron chi connectivity index (χ0n) is 13.3. The van der Waals surface area contributed by atoms with E-state index in [9.17, 15) is 22.8 Å². The Labute approximate surface area is 146 Å². The molecule has 2 aromatic rings. The van der Waals surface area contributed by atoms with Gasteiger partial charge in [-0.25, -0.2) is 4.39 Å². The van der Waals surface area contributed by atoms with Gasteiger partial charge in [0, 0.05) is 28.6 Å². The summed E-state index contributed by atoms with van der Waals surface area (Å²) in [4.78, 5) is 25.7. The summed E-state index contributed by atoms with van der Waals surface area (Å²) in [5.41, 5.74) is 1.53. The van der Waals surface area contributed by atoms with Crippen molar-refractivity contribution in [2.45, 2.75) is 6.61 Å². The number of carbonyl (C=O) groups excluding carboxylic acids is 2. The van der Waals surface area contributed by atoms with Gasteiger partial charge in [-0.05, 0) is 18.2 Å². The van der Waals surface area contributed by atoms with Gasteiger partial charge in [-0.3, -0.25) is 14.5 Å². The van der Waals surface area contributed by atoms with Crippen molar-refractivity contribution in [2.24, 2.45) is 0 Å². The molecule has 5 nitrogen and oxygen atoms in total. The summed E-state index contributed by atoms with van der Waals surface area (Å²) in [6.07, 6.45) is 0. The quantitative estimate of drug-likeness (QED) is 0.886. The molecule has 1 aliphatic heterocycles. The SMILES string of the molecule is C=C1c2ccccc2C(=O)N1CC(=O)Nc1ccc(OC(F)F)c(F)c1. The van der Waals surface area contributed by atoms with Crippen LogP contribution in [0.25, 0.3) is 5.70 Å². The summed E-state index contributed by atoms with van der Waals surface area (Å²) in [5, 5.41) is 2.40. The van der Waals surface area contributed by atoms with Crippen LogP contribution in [0, 0.1) is 5.82 Å². The third-order valence-electron chi connectivity index (χ3n) is 3.77. The van der Waals surface area contributed by atoms with Crippen molar-refractivity contribution in [1.82, 2.24) is 4.90 Å². The molecule has 2 aromatic carbocycles. The summed E-state index contributed by atoms with van der Waals surface area (Å²) in [6.45, 7) is 0.348. The Balaban J connectivity index is 1.68. The molecule has 26 heavy (non-hydrogen) atoms. The number of carbonyl (C=O) groups is 2. The summed E-state index contributed by atoms with van der Waals surface area (Å²) >= 11 is 0. The van der Waals surface area contributed by atoms with Crippen LogP contribution in [0.2, 0.25) is 0 Å². The van der Waals surface area contributed by atoms with Gasteiger partial charge in [-0.1, -0.05) is 24.8 Å². The van der Waals surface area contributed by atoms with Crippen molar-refractivity contribution in [3.05, 3.63) is 66.0 Å². The molecule has 0 aliphatic carbocycles. The van der Waals surface area contributed by atoms with E-state index in [0.29, 0.717) is 16.8 Å². The first kappa shape index (κ1) is 17.5. The van der Waals surface area contributed by atoms with Crippen molar-refractivity contribution in [3.8, 4) is 5.75 Å². The van der Waals surface area contributed by atoms with Crippen molar-refractivity contribution in [3.63, 3.8) is 0 Å². The molecule has 0 bridgehead atoms. The highest BCUT2D eigenvalue weighted by atomic mass is 19.3. The molecule has 0 saturated heterocycles. The van der Waals surface area contributed by atoms with E-state index < -0.39 is 24.1 Å². The normalized spacial score (nSPS) is 13.2. The number of amides is 2. The topological polar surface area (TPSA) is 58.6 Å². The van der Waals surface area contributed by atoms with Gasteiger partial charge in [-0.15, -0.1) is 0 Å². The van der Waals surface area contributed by atoms with Crippen molar-refractivity contribution >= 4 is 23.2 Å². The van der Waals surface area contributed by atoms with Crippen molar-refractivity contribution in [1.29, 1.82) is 0 Å². The Morgan fingerprint density at radius 2 is 1.88 bits per heavy atom. The molecule has 3 rings (SSSR count). The lowest BCUT2D eigenvalue weighted by Crippen LogP contribution is -2.32. The van der Waals surface area contributed by atoms with Crippen LogP contribution in [0.3, 0.4) is 0 Å². The molecule has 0 fully saturated rings. The highest BCUT2D eigenvalue weighted by molar-refractivity contribution is 6.11. The molecule has 1 aliphatic rings. The van der Waals surface area contributed by atoms with Crippen LogP contribution in [0.4, 0.5) is 18.9 Å². The second kappa shape index (κ2) is 6.91. The number of fused-ring (bicyclic) bond motifs is 1. The minimum Gasteiger partial charge on any atom is -0.432 e. The number of alkyl halides is 2. The van der Waals surface area contributed by atoms with E-state index in [1.807, 2.05) is 0 Å². The maximum atomic E-state index is 13.7. The summed E-state index contributed by atoms with van der Waals surface area (Å²) in [5.74, 6) is -2.62. The molecule has 2 amide bonds. The van der Waals surface area contributed by atoms with E-state index >= 15 is 0 Å². The van der Waals surface area contributed by atoms with E-state index in [0.717, 1.165) is 12.1 Å². The smallest absolute Gasteiger partial charge is 0.387 e. The first-order chi connectivity index (χ1) is 12.4. The van der Waals surface area contributed by atoms with Gasteiger partial charge < -0.3 is 10.1 Å². The monoisotopic (exact) mass is 362 g/mol. The van der Waals surface area contributed by atoms with E-state index in [1.54, 1.807) is 24.3 Å². The Hall–Kier alpha value is -3.29. The van der Waals surface area contributed by atoms with E-state index in [-0.39, 0.29) is 18.1 Å². The van der Waals surface area contributed by atoms with Gasteiger partial charge in [0.1, 0.15) is 6.54 Å². The number of rotatable bonds is 5. The number of anilines is 1.